The van der Waals surface area contributed by atoms with Crippen molar-refractivity contribution in [3.8, 4) is 0 Å². The molecule has 0 bridgehead atoms. The van der Waals surface area contributed by atoms with E-state index in [0.29, 0.717) is 5.56 Å². The van der Waals surface area contributed by atoms with Crippen molar-refractivity contribution in [2.75, 3.05) is 25.0 Å². The second-order valence-corrected chi connectivity index (χ2v) is 6.92. The van der Waals surface area contributed by atoms with E-state index in [1.165, 1.54) is 0 Å². The van der Waals surface area contributed by atoms with Crippen molar-refractivity contribution < 1.29 is 9.59 Å². The lowest BCUT2D eigenvalue weighted by molar-refractivity contribution is -0.129. The molecule has 0 heterocycles. The maximum Gasteiger partial charge on any atom is 0.251 e. The normalized spacial score (nSPS) is 11.5. The molecule has 2 aromatic carbocycles. The zero-order chi connectivity index (χ0) is 20.4. The van der Waals surface area contributed by atoms with Gasteiger partial charge in [-0.05, 0) is 43.5 Å². The van der Waals surface area contributed by atoms with Gasteiger partial charge in [-0.3, -0.25) is 9.59 Å². The van der Waals surface area contributed by atoms with E-state index in [1.807, 2.05) is 54.3 Å². The van der Waals surface area contributed by atoms with Crippen LogP contribution >= 0.6 is 0 Å². The molecular weight excluding hydrogens is 350 g/mol. The van der Waals surface area contributed by atoms with Gasteiger partial charge in [0.15, 0.2) is 0 Å². The Morgan fingerprint density at radius 3 is 2.29 bits per heavy atom. The maximum absolute atomic E-state index is 12.6. The first-order valence-corrected chi connectivity index (χ1v) is 10.0. The molecule has 150 valence electrons. The second kappa shape index (κ2) is 11.1. The van der Waals surface area contributed by atoms with Crippen LogP contribution < -0.4 is 10.6 Å². The largest absolute Gasteiger partial charge is 0.376 e. The molecule has 0 aromatic heterocycles. The fraction of sp³-hybridized carbons (Fsp3) is 0.391. The molecule has 2 amide bonds. The van der Waals surface area contributed by atoms with Crippen LogP contribution in [-0.2, 0) is 4.79 Å². The number of carbonyl (C=O) groups excluding carboxylic acids is 2. The second-order valence-electron chi connectivity index (χ2n) is 6.92. The summed E-state index contributed by atoms with van der Waals surface area (Å²) in [5.74, 6) is -0.0545. The smallest absolute Gasteiger partial charge is 0.251 e. The summed E-state index contributed by atoms with van der Waals surface area (Å²) in [6.45, 7) is 7.88. The minimum Gasteiger partial charge on any atom is -0.376 e. The van der Waals surface area contributed by atoms with Crippen molar-refractivity contribution >= 4 is 17.5 Å². The van der Waals surface area contributed by atoms with Crippen LogP contribution in [0.25, 0.3) is 0 Å². The highest BCUT2D eigenvalue weighted by Crippen LogP contribution is 2.15. The van der Waals surface area contributed by atoms with Gasteiger partial charge < -0.3 is 15.5 Å². The number of nitrogens with one attached hydrogen (secondary N) is 2. The highest BCUT2D eigenvalue weighted by molar-refractivity contribution is 5.95. The molecule has 2 rings (SSSR count). The zero-order valence-electron chi connectivity index (χ0n) is 17.1. The van der Waals surface area contributed by atoms with E-state index < -0.39 is 0 Å². The summed E-state index contributed by atoms with van der Waals surface area (Å²) in [5, 5.41) is 6.17. The predicted octanol–water partition coefficient (Wildman–Crippen LogP) is 4.24. The Morgan fingerprint density at radius 1 is 0.964 bits per heavy atom. The summed E-state index contributed by atoms with van der Waals surface area (Å²) < 4.78 is 0. The van der Waals surface area contributed by atoms with Crippen LogP contribution in [0.4, 0.5) is 5.69 Å². The molecule has 28 heavy (non-hydrogen) atoms. The van der Waals surface area contributed by atoms with Crippen LogP contribution in [0, 0.1) is 0 Å². The lowest BCUT2D eigenvalue weighted by Gasteiger charge is -2.22. The minimum atomic E-state index is -0.134. The van der Waals surface area contributed by atoms with Gasteiger partial charge in [-0.25, -0.2) is 0 Å². The van der Waals surface area contributed by atoms with Gasteiger partial charge in [-0.1, -0.05) is 50.2 Å². The maximum atomic E-state index is 12.6. The number of hydrogen-bond acceptors (Lipinski definition) is 3. The van der Waals surface area contributed by atoms with Crippen molar-refractivity contribution in [2.45, 2.75) is 39.7 Å². The van der Waals surface area contributed by atoms with Crippen molar-refractivity contribution in [2.24, 2.45) is 0 Å². The van der Waals surface area contributed by atoms with Crippen LogP contribution in [-0.4, -0.2) is 36.3 Å². The number of rotatable bonds is 10. The van der Waals surface area contributed by atoms with Gasteiger partial charge in [0.1, 0.15) is 0 Å². The molecule has 0 saturated heterocycles. The van der Waals surface area contributed by atoms with E-state index in [1.54, 1.807) is 12.1 Å². The third-order valence-corrected chi connectivity index (χ3v) is 4.56. The Balaban J connectivity index is 1.95. The van der Waals surface area contributed by atoms with Crippen molar-refractivity contribution in [1.82, 2.24) is 10.2 Å². The highest BCUT2D eigenvalue weighted by Gasteiger charge is 2.13. The lowest BCUT2D eigenvalue weighted by Crippen LogP contribution is -2.36. The minimum absolute atomic E-state index is 0.0799. The Bertz CT molecular complexity index is 755. The first-order valence-electron chi connectivity index (χ1n) is 10.0. The van der Waals surface area contributed by atoms with Crippen LogP contribution in [0.2, 0.25) is 0 Å². The zero-order valence-corrected chi connectivity index (χ0v) is 17.1. The number of anilines is 1. The number of benzene rings is 2. The first-order chi connectivity index (χ1) is 13.5. The highest BCUT2D eigenvalue weighted by atomic mass is 16.2. The van der Waals surface area contributed by atoms with Crippen LogP contribution in [0.5, 0.6) is 0 Å². The standard InChI is InChI=1S/C23H31N3O2/c1-4-14-26(15-5-2)22(27)17-24-21-13-9-12-20(16-21)23(28)25-18(3)19-10-7-6-8-11-19/h6-13,16,18,24H,4-5,14-15,17H2,1-3H3,(H,25,28). The van der Waals surface area contributed by atoms with Crippen LogP contribution in [0.3, 0.4) is 0 Å². The van der Waals surface area contributed by atoms with Gasteiger partial charge in [0.05, 0.1) is 12.6 Å². The van der Waals surface area contributed by atoms with E-state index >= 15 is 0 Å². The molecule has 1 unspecified atom stereocenters. The summed E-state index contributed by atoms with van der Waals surface area (Å²) in [5.41, 5.74) is 2.39. The van der Waals surface area contributed by atoms with E-state index in [-0.39, 0.29) is 24.4 Å². The molecule has 2 aromatic rings. The quantitative estimate of drug-likeness (QED) is 0.647. The van der Waals surface area contributed by atoms with Crippen molar-refractivity contribution in [3.05, 3.63) is 65.7 Å². The predicted molar refractivity (Wildman–Crippen MR) is 114 cm³/mol. The summed E-state index contributed by atoms with van der Waals surface area (Å²) in [6.07, 6.45) is 1.89. The Labute approximate surface area is 168 Å². The van der Waals surface area contributed by atoms with E-state index in [2.05, 4.69) is 24.5 Å². The monoisotopic (exact) mass is 381 g/mol. The third-order valence-electron chi connectivity index (χ3n) is 4.56. The molecule has 5 heteroatoms. The van der Waals surface area contributed by atoms with E-state index in [4.69, 9.17) is 0 Å². The average molecular weight is 382 g/mol. The molecule has 0 spiro atoms. The van der Waals surface area contributed by atoms with Gasteiger partial charge >= 0.3 is 0 Å². The molecule has 5 nitrogen and oxygen atoms in total. The first kappa shape index (κ1) is 21.5. The fourth-order valence-electron chi connectivity index (χ4n) is 3.07. The third kappa shape index (κ3) is 6.41. The van der Waals surface area contributed by atoms with Crippen molar-refractivity contribution in [3.63, 3.8) is 0 Å². The molecule has 0 aliphatic carbocycles. The molecule has 0 aliphatic rings. The van der Waals surface area contributed by atoms with Gasteiger partial charge in [0.25, 0.3) is 5.91 Å². The van der Waals surface area contributed by atoms with Crippen LogP contribution in [0.1, 0.15) is 55.6 Å². The summed E-state index contributed by atoms with van der Waals surface area (Å²) >= 11 is 0. The number of carbonyl (C=O) groups is 2. The molecule has 0 fully saturated rings. The molecule has 0 radical (unpaired) electrons. The number of hydrogen-bond donors (Lipinski definition) is 2. The van der Waals surface area contributed by atoms with Gasteiger partial charge in [0, 0.05) is 24.3 Å². The Morgan fingerprint density at radius 2 is 1.64 bits per heavy atom. The fourth-order valence-corrected chi connectivity index (χ4v) is 3.07. The molecule has 2 N–H and O–H groups in total. The SMILES string of the molecule is CCCN(CCC)C(=O)CNc1cccc(C(=O)NC(C)c2ccccc2)c1. The van der Waals surface area contributed by atoms with Gasteiger partial charge in [-0.2, -0.15) is 0 Å². The molecular formula is C23H31N3O2. The summed E-state index contributed by atoms with van der Waals surface area (Å²) in [6, 6.07) is 17.0. The Hall–Kier alpha value is -2.82. The molecule has 1 atom stereocenters. The van der Waals surface area contributed by atoms with E-state index in [9.17, 15) is 9.59 Å². The van der Waals surface area contributed by atoms with Gasteiger partial charge in [-0.15, -0.1) is 0 Å². The van der Waals surface area contributed by atoms with Crippen molar-refractivity contribution in [1.29, 1.82) is 0 Å². The topological polar surface area (TPSA) is 61.4 Å². The molecule has 0 aliphatic heterocycles. The molecule has 0 saturated carbocycles. The summed E-state index contributed by atoms with van der Waals surface area (Å²) in [7, 11) is 0. The number of amides is 2. The summed E-state index contributed by atoms with van der Waals surface area (Å²) in [4.78, 5) is 26.9. The van der Waals surface area contributed by atoms with Gasteiger partial charge in [0.2, 0.25) is 5.91 Å². The van der Waals surface area contributed by atoms with Crippen LogP contribution in [0.15, 0.2) is 54.6 Å². The average Bonchev–Trinajstić information content (AvgIpc) is 2.72. The Kier molecular flexibility index (Phi) is 8.53. The van der Waals surface area contributed by atoms with E-state index in [0.717, 1.165) is 37.2 Å². The number of nitrogens with zero attached hydrogens (tertiary/aromatic N) is 1. The lowest BCUT2D eigenvalue weighted by atomic mass is 10.1.